The summed E-state index contributed by atoms with van der Waals surface area (Å²) < 4.78 is 5.09. The molecular formula is C12H15NO3. The number of hydrogen-bond donors (Lipinski definition) is 1. The van der Waals surface area contributed by atoms with Crippen molar-refractivity contribution in [2.24, 2.45) is 5.16 Å². The van der Waals surface area contributed by atoms with Gasteiger partial charge in [0.05, 0.1) is 12.8 Å². The first-order valence-electron chi connectivity index (χ1n) is 5.30. The Morgan fingerprint density at radius 1 is 1.44 bits per heavy atom. The molecule has 4 heteroatoms. The lowest BCUT2D eigenvalue weighted by atomic mass is 10.0. The zero-order valence-corrected chi connectivity index (χ0v) is 9.22. The van der Waals surface area contributed by atoms with Crippen LogP contribution >= 0.6 is 0 Å². The van der Waals surface area contributed by atoms with Crippen molar-refractivity contribution in [3.05, 3.63) is 29.8 Å². The van der Waals surface area contributed by atoms with Crippen molar-refractivity contribution in [3.8, 4) is 5.75 Å². The second-order valence-electron chi connectivity index (χ2n) is 3.70. The van der Waals surface area contributed by atoms with Crippen LogP contribution in [0, 0.1) is 0 Å². The number of aliphatic hydroxyl groups excluding tert-OH is 1. The van der Waals surface area contributed by atoms with Gasteiger partial charge >= 0.3 is 0 Å². The maximum Gasteiger partial charge on any atom is 0.157 e. The maximum absolute atomic E-state index is 8.80. The highest BCUT2D eigenvalue weighted by atomic mass is 16.6. The Hall–Kier alpha value is -1.55. The molecule has 2 rings (SSSR count). The number of oxime groups is 1. The number of hydrogen-bond acceptors (Lipinski definition) is 4. The number of nitrogens with zero attached hydrogens (tertiary/aromatic N) is 1. The molecular weight excluding hydrogens is 206 g/mol. The van der Waals surface area contributed by atoms with Crippen molar-refractivity contribution in [1.82, 2.24) is 0 Å². The molecule has 0 saturated heterocycles. The number of rotatable bonds is 4. The van der Waals surface area contributed by atoms with E-state index in [1.165, 1.54) is 0 Å². The lowest BCUT2D eigenvalue weighted by molar-refractivity contribution is 0.0856. The zero-order chi connectivity index (χ0) is 11.4. The molecule has 1 aliphatic heterocycles. The highest BCUT2D eigenvalue weighted by molar-refractivity contribution is 5.85. The van der Waals surface area contributed by atoms with Crippen molar-refractivity contribution in [1.29, 1.82) is 0 Å². The maximum atomic E-state index is 8.80. The Balaban J connectivity index is 1.99. The van der Waals surface area contributed by atoms with Gasteiger partial charge in [-0.3, -0.25) is 0 Å². The largest absolute Gasteiger partial charge is 0.497 e. The van der Waals surface area contributed by atoms with Crippen LogP contribution in [0.15, 0.2) is 29.4 Å². The summed E-state index contributed by atoms with van der Waals surface area (Å²) in [7, 11) is 1.64. The number of methoxy groups -OCH3 is 1. The third-order valence-electron chi connectivity index (χ3n) is 2.62. The second kappa shape index (κ2) is 4.99. The molecule has 0 amide bonds. The predicted molar refractivity (Wildman–Crippen MR) is 60.6 cm³/mol. The van der Waals surface area contributed by atoms with E-state index >= 15 is 0 Å². The summed E-state index contributed by atoms with van der Waals surface area (Å²) in [6.07, 6.45) is 1.33. The molecule has 0 saturated carbocycles. The first-order valence-corrected chi connectivity index (χ1v) is 5.30. The molecule has 1 aromatic rings. The SMILES string of the molecule is COc1ccc(C2CC(CCO)=NO2)cc1. The molecule has 1 N–H and O–H groups in total. The topological polar surface area (TPSA) is 51.0 Å². The van der Waals surface area contributed by atoms with Gasteiger partial charge in [0.1, 0.15) is 5.75 Å². The van der Waals surface area contributed by atoms with Crippen molar-refractivity contribution in [2.45, 2.75) is 18.9 Å². The Morgan fingerprint density at radius 3 is 2.81 bits per heavy atom. The molecule has 1 heterocycles. The smallest absolute Gasteiger partial charge is 0.157 e. The van der Waals surface area contributed by atoms with Gasteiger partial charge in [-0.15, -0.1) is 0 Å². The quantitative estimate of drug-likeness (QED) is 0.844. The minimum absolute atomic E-state index is 0.0209. The van der Waals surface area contributed by atoms with Crippen molar-refractivity contribution in [2.75, 3.05) is 13.7 Å². The Bertz CT molecular complexity index is 372. The van der Waals surface area contributed by atoms with Gasteiger partial charge in [-0.2, -0.15) is 0 Å². The Kier molecular flexibility index (Phi) is 3.41. The van der Waals surface area contributed by atoms with Crippen molar-refractivity contribution >= 4 is 5.71 Å². The second-order valence-corrected chi connectivity index (χ2v) is 3.70. The Labute approximate surface area is 94.5 Å². The third kappa shape index (κ3) is 2.33. The monoisotopic (exact) mass is 221 g/mol. The van der Waals surface area contributed by atoms with Gasteiger partial charge in [0.2, 0.25) is 0 Å². The summed E-state index contributed by atoms with van der Waals surface area (Å²) in [5.41, 5.74) is 2.00. The molecule has 1 aromatic carbocycles. The third-order valence-corrected chi connectivity index (χ3v) is 2.62. The van der Waals surface area contributed by atoms with E-state index in [0.717, 1.165) is 23.4 Å². The van der Waals surface area contributed by atoms with E-state index in [9.17, 15) is 0 Å². The summed E-state index contributed by atoms with van der Waals surface area (Å²) in [6.45, 7) is 0.123. The number of ether oxygens (including phenoxy) is 1. The number of benzene rings is 1. The van der Waals surface area contributed by atoms with Crippen LogP contribution in [0.25, 0.3) is 0 Å². The zero-order valence-electron chi connectivity index (χ0n) is 9.22. The van der Waals surface area contributed by atoms with Crippen LogP contribution in [0.3, 0.4) is 0 Å². The molecule has 1 unspecified atom stereocenters. The van der Waals surface area contributed by atoms with Crippen molar-refractivity contribution in [3.63, 3.8) is 0 Å². The predicted octanol–water partition coefficient (Wildman–Crippen LogP) is 1.89. The lowest BCUT2D eigenvalue weighted by Crippen LogP contribution is -2.01. The Morgan fingerprint density at radius 2 is 2.19 bits per heavy atom. The highest BCUT2D eigenvalue weighted by Gasteiger charge is 2.22. The first kappa shape index (κ1) is 11.0. The van der Waals surface area contributed by atoms with Crippen LogP contribution in [0.4, 0.5) is 0 Å². The summed E-state index contributed by atoms with van der Waals surface area (Å²) >= 11 is 0. The van der Waals surface area contributed by atoms with Gasteiger partial charge in [-0.05, 0) is 17.7 Å². The molecule has 1 atom stereocenters. The fourth-order valence-corrected chi connectivity index (χ4v) is 1.70. The van der Waals surface area contributed by atoms with Gasteiger partial charge in [0.25, 0.3) is 0 Å². The van der Waals surface area contributed by atoms with E-state index in [4.69, 9.17) is 14.7 Å². The number of aliphatic hydroxyl groups is 1. The van der Waals surface area contributed by atoms with E-state index < -0.39 is 0 Å². The fraction of sp³-hybridized carbons (Fsp3) is 0.417. The summed E-state index contributed by atoms with van der Waals surface area (Å²) in [5.74, 6) is 0.832. The summed E-state index contributed by atoms with van der Waals surface area (Å²) in [4.78, 5) is 5.31. The molecule has 0 fully saturated rings. The minimum Gasteiger partial charge on any atom is -0.497 e. The highest BCUT2D eigenvalue weighted by Crippen LogP contribution is 2.29. The summed E-state index contributed by atoms with van der Waals surface area (Å²) in [6, 6.07) is 7.76. The molecule has 0 radical (unpaired) electrons. The van der Waals surface area contributed by atoms with Gasteiger partial charge in [-0.1, -0.05) is 17.3 Å². The van der Waals surface area contributed by atoms with Crippen molar-refractivity contribution < 1.29 is 14.7 Å². The van der Waals surface area contributed by atoms with Gasteiger partial charge in [0, 0.05) is 19.4 Å². The molecule has 0 aromatic heterocycles. The fourth-order valence-electron chi connectivity index (χ4n) is 1.70. The van der Waals surface area contributed by atoms with E-state index in [-0.39, 0.29) is 12.7 Å². The molecule has 86 valence electrons. The van der Waals surface area contributed by atoms with E-state index in [1.54, 1.807) is 7.11 Å². The minimum atomic E-state index is -0.0209. The van der Waals surface area contributed by atoms with Crippen LogP contribution in [-0.2, 0) is 4.84 Å². The van der Waals surface area contributed by atoms with Crippen LogP contribution in [0.2, 0.25) is 0 Å². The van der Waals surface area contributed by atoms with E-state index in [1.807, 2.05) is 24.3 Å². The average molecular weight is 221 g/mol. The molecule has 0 spiro atoms. The van der Waals surface area contributed by atoms with Crippen LogP contribution in [0.1, 0.15) is 24.5 Å². The van der Waals surface area contributed by atoms with Gasteiger partial charge in [-0.25, -0.2) is 0 Å². The van der Waals surface area contributed by atoms with E-state index in [0.29, 0.717) is 6.42 Å². The van der Waals surface area contributed by atoms with Crippen LogP contribution in [-0.4, -0.2) is 24.5 Å². The summed E-state index contributed by atoms with van der Waals surface area (Å²) in [5, 5.41) is 12.8. The average Bonchev–Trinajstić information content (AvgIpc) is 2.78. The van der Waals surface area contributed by atoms with Crippen LogP contribution < -0.4 is 4.74 Å². The normalized spacial score (nSPS) is 19.1. The standard InChI is InChI=1S/C12H15NO3/c1-15-11-4-2-9(3-5-11)12-8-10(6-7-14)13-16-12/h2-5,12,14H,6-8H2,1H3. The van der Waals surface area contributed by atoms with Gasteiger partial charge < -0.3 is 14.7 Å². The first-order chi connectivity index (χ1) is 7.83. The van der Waals surface area contributed by atoms with Gasteiger partial charge in [0.15, 0.2) is 6.10 Å². The lowest BCUT2D eigenvalue weighted by Gasteiger charge is -2.08. The molecule has 0 aliphatic carbocycles. The molecule has 4 nitrogen and oxygen atoms in total. The molecule has 0 bridgehead atoms. The molecule has 16 heavy (non-hydrogen) atoms. The molecule has 1 aliphatic rings. The van der Waals surface area contributed by atoms with Crippen LogP contribution in [0.5, 0.6) is 5.75 Å². The van der Waals surface area contributed by atoms with E-state index in [2.05, 4.69) is 5.16 Å².